The molecule has 0 saturated carbocycles. The summed E-state index contributed by atoms with van der Waals surface area (Å²) in [7, 11) is 0. The lowest BCUT2D eigenvalue weighted by Crippen LogP contribution is -2.39. The van der Waals surface area contributed by atoms with E-state index >= 15 is 0 Å². The minimum Gasteiger partial charge on any atom is -0.481 e. The van der Waals surface area contributed by atoms with Crippen LogP contribution in [-0.2, 0) is 11.2 Å². The third-order valence-corrected chi connectivity index (χ3v) is 2.73. The van der Waals surface area contributed by atoms with Gasteiger partial charge >= 0.3 is 5.97 Å². The van der Waals surface area contributed by atoms with Crippen LogP contribution in [0.2, 0.25) is 0 Å². The second kappa shape index (κ2) is 5.52. The van der Waals surface area contributed by atoms with Crippen molar-refractivity contribution in [3.8, 4) is 0 Å². The molecule has 1 rings (SSSR count). The molecule has 1 aromatic rings. The van der Waals surface area contributed by atoms with Gasteiger partial charge in [-0.3, -0.25) is 9.59 Å². The molecule has 2 N–H and O–H groups in total. The molecule has 1 heterocycles. The average Bonchev–Trinajstić information content (AvgIpc) is 2.76. The summed E-state index contributed by atoms with van der Waals surface area (Å²) in [6, 6.07) is 2.88. The number of rotatable bonds is 5. The molecule has 17 heavy (non-hydrogen) atoms. The zero-order chi connectivity index (χ0) is 13.0. The molecule has 0 aliphatic carbocycles. The number of carbonyl (C=O) groups is 2. The maximum absolute atomic E-state index is 11.7. The van der Waals surface area contributed by atoms with Crippen molar-refractivity contribution in [1.82, 2.24) is 5.32 Å². The van der Waals surface area contributed by atoms with Crippen molar-refractivity contribution in [2.24, 2.45) is 5.92 Å². The van der Waals surface area contributed by atoms with Crippen LogP contribution in [0.25, 0.3) is 0 Å². The van der Waals surface area contributed by atoms with Gasteiger partial charge in [0.05, 0.1) is 5.92 Å². The predicted octanol–water partition coefficient (Wildman–Crippen LogP) is 1.68. The Morgan fingerprint density at radius 1 is 1.41 bits per heavy atom. The highest BCUT2D eigenvalue weighted by Crippen LogP contribution is 2.10. The maximum atomic E-state index is 11.7. The van der Waals surface area contributed by atoms with E-state index in [0.717, 1.165) is 5.76 Å². The van der Waals surface area contributed by atoms with Crippen molar-refractivity contribution < 1.29 is 19.1 Å². The van der Waals surface area contributed by atoms with E-state index in [1.165, 1.54) is 0 Å². The number of carboxylic acid groups (broad SMARTS) is 1. The molecule has 0 aliphatic rings. The van der Waals surface area contributed by atoms with Gasteiger partial charge in [-0.2, -0.15) is 0 Å². The summed E-state index contributed by atoms with van der Waals surface area (Å²) < 4.78 is 5.28. The number of carboxylic acids is 1. The zero-order valence-corrected chi connectivity index (χ0v) is 10.2. The molecule has 2 unspecified atom stereocenters. The van der Waals surface area contributed by atoms with E-state index in [9.17, 15) is 9.59 Å². The quantitative estimate of drug-likeness (QED) is 0.819. The zero-order valence-electron chi connectivity index (χ0n) is 10.2. The van der Waals surface area contributed by atoms with E-state index in [1.807, 2.05) is 6.92 Å². The Hall–Kier alpha value is -1.78. The van der Waals surface area contributed by atoms with Crippen LogP contribution in [0.3, 0.4) is 0 Å². The first-order chi connectivity index (χ1) is 7.95. The number of hydrogen-bond acceptors (Lipinski definition) is 3. The smallest absolute Gasteiger partial charge is 0.308 e. The number of furan rings is 1. The van der Waals surface area contributed by atoms with Crippen LogP contribution >= 0.6 is 0 Å². The molecule has 0 spiro atoms. The second-order valence-electron chi connectivity index (χ2n) is 4.01. The number of aliphatic carboxylic acids is 1. The van der Waals surface area contributed by atoms with Crippen LogP contribution in [0.1, 0.15) is 37.1 Å². The summed E-state index contributed by atoms with van der Waals surface area (Å²) in [4.78, 5) is 22.4. The van der Waals surface area contributed by atoms with Gasteiger partial charge in [0.2, 0.25) is 0 Å². The van der Waals surface area contributed by atoms with Crippen molar-refractivity contribution in [2.75, 3.05) is 0 Å². The molecule has 0 aromatic carbocycles. The Labute approximate surface area is 99.8 Å². The predicted molar refractivity (Wildman–Crippen MR) is 61.8 cm³/mol. The molecule has 94 valence electrons. The fourth-order valence-corrected chi connectivity index (χ4v) is 1.31. The largest absolute Gasteiger partial charge is 0.481 e. The van der Waals surface area contributed by atoms with Gasteiger partial charge in [-0.1, -0.05) is 6.92 Å². The molecule has 0 aliphatic heterocycles. The number of amides is 1. The van der Waals surface area contributed by atoms with Crippen LogP contribution in [-0.4, -0.2) is 23.0 Å². The average molecular weight is 239 g/mol. The molecule has 0 radical (unpaired) electrons. The summed E-state index contributed by atoms with van der Waals surface area (Å²) in [5.41, 5.74) is 0. The van der Waals surface area contributed by atoms with Crippen LogP contribution in [0, 0.1) is 5.92 Å². The minimum atomic E-state index is -0.938. The van der Waals surface area contributed by atoms with Gasteiger partial charge in [0.15, 0.2) is 5.76 Å². The molecule has 1 aromatic heterocycles. The summed E-state index contributed by atoms with van der Waals surface area (Å²) in [6.07, 6.45) is 0.717. The van der Waals surface area contributed by atoms with Crippen molar-refractivity contribution >= 4 is 11.9 Å². The summed E-state index contributed by atoms with van der Waals surface area (Å²) in [5.74, 6) is -1.02. The van der Waals surface area contributed by atoms with E-state index in [0.29, 0.717) is 6.42 Å². The van der Waals surface area contributed by atoms with E-state index in [-0.39, 0.29) is 11.7 Å². The number of aryl methyl sites for hydroxylation is 1. The molecule has 5 heteroatoms. The first-order valence-electron chi connectivity index (χ1n) is 5.58. The van der Waals surface area contributed by atoms with Crippen molar-refractivity contribution in [1.29, 1.82) is 0 Å². The first kappa shape index (κ1) is 13.3. The number of nitrogens with one attached hydrogen (secondary N) is 1. The van der Waals surface area contributed by atoms with E-state index in [4.69, 9.17) is 9.52 Å². The monoisotopic (exact) mass is 239 g/mol. The van der Waals surface area contributed by atoms with Crippen molar-refractivity contribution in [3.05, 3.63) is 23.7 Å². The third-order valence-electron chi connectivity index (χ3n) is 2.73. The Bertz CT molecular complexity index is 410. The van der Waals surface area contributed by atoms with Crippen LogP contribution in [0.5, 0.6) is 0 Å². The lowest BCUT2D eigenvalue weighted by molar-refractivity contribution is -0.141. The van der Waals surface area contributed by atoms with Crippen molar-refractivity contribution in [3.63, 3.8) is 0 Å². The molecular formula is C12H17NO4. The second-order valence-corrected chi connectivity index (χ2v) is 4.01. The van der Waals surface area contributed by atoms with Crippen LogP contribution < -0.4 is 5.32 Å². The molecule has 2 atom stereocenters. The van der Waals surface area contributed by atoms with E-state index in [2.05, 4.69) is 5.32 Å². The fourth-order valence-electron chi connectivity index (χ4n) is 1.31. The summed E-state index contributed by atoms with van der Waals surface area (Å²) in [6.45, 7) is 5.13. The molecule has 0 fully saturated rings. The highest BCUT2D eigenvalue weighted by molar-refractivity contribution is 5.92. The standard InChI is InChI=1S/C12H17NO4/c1-4-9-5-6-10(17-9)11(14)13-8(3)7(2)12(15)16/h5-8H,4H2,1-3H3,(H,13,14)(H,15,16). The highest BCUT2D eigenvalue weighted by Gasteiger charge is 2.22. The molecule has 0 bridgehead atoms. The Kier molecular flexibility index (Phi) is 4.31. The van der Waals surface area contributed by atoms with Gasteiger partial charge in [0, 0.05) is 12.5 Å². The lowest BCUT2D eigenvalue weighted by Gasteiger charge is -2.16. The fraction of sp³-hybridized carbons (Fsp3) is 0.500. The summed E-state index contributed by atoms with van der Waals surface area (Å²) in [5, 5.41) is 11.4. The van der Waals surface area contributed by atoms with Gasteiger partial charge in [-0.05, 0) is 26.0 Å². The van der Waals surface area contributed by atoms with Crippen LogP contribution in [0.15, 0.2) is 16.5 Å². The lowest BCUT2D eigenvalue weighted by atomic mass is 10.0. The Balaban J connectivity index is 2.63. The first-order valence-corrected chi connectivity index (χ1v) is 5.58. The third kappa shape index (κ3) is 3.34. The van der Waals surface area contributed by atoms with Gasteiger partial charge in [-0.25, -0.2) is 0 Å². The normalized spacial score (nSPS) is 14.1. The van der Waals surface area contributed by atoms with Gasteiger partial charge < -0.3 is 14.8 Å². The topological polar surface area (TPSA) is 79.5 Å². The Morgan fingerprint density at radius 2 is 2.06 bits per heavy atom. The summed E-state index contributed by atoms with van der Waals surface area (Å²) >= 11 is 0. The van der Waals surface area contributed by atoms with Gasteiger partial charge in [-0.15, -0.1) is 0 Å². The molecular weight excluding hydrogens is 222 g/mol. The van der Waals surface area contributed by atoms with Gasteiger partial charge in [0.1, 0.15) is 5.76 Å². The van der Waals surface area contributed by atoms with E-state index < -0.39 is 17.9 Å². The maximum Gasteiger partial charge on any atom is 0.308 e. The molecule has 1 amide bonds. The molecule has 5 nitrogen and oxygen atoms in total. The number of carbonyl (C=O) groups excluding carboxylic acids is 1. The SMILES string of the molecule is CCc1ccc(C(=O)NC(C)C(C)C(=O)O)o1. The molecule has 0 saturated heterocycles. The van der Waals surface area contributed by atoms with Crippen LogP contribution in [0.4, 0.5) is 0 Å². The van der Waals surface area contributed by atoms with E-state index in [1.54, 1.807) is 26.0 Å². The minimum absolute atomic E-state index is 0.214. The van der Waals surface area contributed by atoms with Gasteiger partial charge in [0.25, 0.3) is 5.91 Å². The highest BCUT2D eigenvalue weighted by atomic mass is 16.4. The Morgan fingerprint density at radius 3 is 2.53 bits per heavy atom. The van der Waals surface area contributed by atoms with Crippen molar-refractivity contribution in [2.45, 2.75) is 33.2 Å². The number of hydrogen-bond donors (Lipinski definition) is 2.